The average Bonchev–Trinajstić information content (AvgIpc) is 2.92. The second kappa shape index (κ2) is 6.66. The number of Topliss-reactive ketones (excluding diaryl/α,β-unsaturated/α-hetero) is 1. The molecule has 1 atom stereocenters. The van der Waals surface area contributed by atoms with Crippen molar-refractivity contribution in [1.29, 1.82) is 0 Å². The van der Waals surface area contributed by atoms with Crippen LogP contribution in [-0.4, -0.2) is 33.7 Å². The molecule has 2 heterocycles. The topological polar surface area (TPSA) is 42.3 Å². The van der Waals surface area contributed by atoms with Gasteiger partial charge in [-0.1, -0.05) is 39.0 Å². The van der Waals surface area contributed by atoms with E-state index < -0.39 is 5.41 Å². The number of aromatic nitrogens is 1. The highest BCUT2D eigenvalue weighted by Gasteiger charge is 2.28. The highest BCUT2D eigenvalue weighted by Crippen LogP contribution is 2.28. The van der Waals surface area contributed by atoms with Crippen LogP contribution in [0.25, 0.3) is 10.9 Å². The van der Waals surface area contributed by atoms with Crippen LogP contribution in [0.2, 0.25) is 0 Å². The van der Waals surface area contributed by atoms with E-state index in [1.54, 1.807) is 0 Å². The van der Waals surface area contributed by atoms with E-state index in [1.807, 2.05) is 60.7 Å². The van der Waals surface area contributed by atoms with Crippen LogP contribution >= 0.6 is 0 Å². The van der Waals surface area contributed by atoms with Crippen LogP contribution in [0.15, 0.2) is 30.5 Å². The maximum absolute atomic E-state index is 12.8. The van der Waals surface area contributed by atoms with Crippen LogP contribution in [0, 0.1) is 5.41 Å². The Labute approximate surface area is 149 Å². The number of likely N-dealkylation sites (tertiary alicyclic amines) is 1. The van der Waals surface area contributed by atoms with Gasteiger partial charge in [0.2, 0.25) is 5.91 Å². The number of rotatable bonds is 3. The number of carbonyl (C=O) groups excluding carboxylic acids is 2. The summed E-state index contributed by atoms with van der Waals surface area (Å²) >= 11 is 0. The summed E-state index contributed by atoms with van der Waals surface area (Å²) in [6.07, 6.45) is 5.22. The van der Waals surface area contributed by atoms with Gasteiger partial charge in [0.25, 0.3) is 0 Å². The van der Waals surface area contributed by atoms with Gasteiger partial charge >= 0.3 is 0 Å². The van der Waals surface area contributed by atoms with Crippen molar-refractivity contribution in [3.8, 4) is 0 Å². The number of hydrogen-bond acceptors (Lipinski definition) is 2. The first-order chi connectivity index (χ1) is 11.8. The Hall–Kier alpha value is -2.10. The van der Waals surface area contributed by atoms with E-state index >= 15 is 0 Å². The molecule has 25 heavy (non-hydrogen) atoms. The summed E-state index contributed by atoms with van der Waals surface area (Å²) in [5.41, 5.74) is 1.22. The molecule has 1 aliphatic heterocycles. The number of benzene rings is 1. The van der Waals surface area contributed by atoms with Crippen molar-refractivity contribution in [3.63, 3.8) is 0 Å². The molecule has 1 fully saturated rings. The molecule has 0 radical (unpaired) electrons. The third-order valence-corrected chi connectivity index (χ3v) is 5.14. The minimum atomic E-state index is -0.444. The van der Waals surface area contributed by atoms with Gasteiger partial charge in [-0.15, -0.1) is 0 Å². The summed E-state index contributed by atoms with van der Waals surface area (Å²) in [6.45, 7) is 9.06. The third-order valence-electron chi connectivity index (χ3n) is 5.14. The van der Waals surface area contributed by atoms with E-state index in [0.717, 1.165) is 30.3 Å². The van der Waals surface area contributed by atoms with Crippen molar-refractivity contribution in [1.82, 2.24) is 9.47 Å². The quantitative estimate of drug-likeness (QED) is 0.783. The first-order valence-corrected chi connectivity index (χ1v) is 9.21. The summed E-state index contributed by atoms with van der Waals surface area (Å²) in [5.74, 6) is 0.254. The van der Waals surface area contributed by atoms with Gasteiger partial charge < -0.3 is 9.47 Å². The largest absolute Gasteiger partial charge is 0.338 e. The number of para-hydroxylation sites is 1. The predicted molar refractivity (Wildman–Crippen MR) is 101 cm³/mol. The molecule has 134 valence electrons. The molecule has 1 aliphatic rings. The molecular formula is C21H28N2O2. The molecule has 0 N–H and O–H groups in total. The van der Waals surface area contributed by atoms with Crippen LogP contribution in [0.3, 0.4) is 0 Å². The van der Waals surface area contributed by atoms with E-state index in [-0.39, 0.29) is 11.7 Å². The minimum Gasteiger partial charge on any atom is -0.338 e. The van der Waals surface area contributed by atoms with Crippen molar-refractivity contribution in [3.05, 3.63) is 36.0 Å². The lowest BCUT2D eigenvalue weighted by molar-refractivity contribution is -0.135. The standard InChI is InChI=1S/C21H28N2O2/c1-15-9-7-8-12-23(15)19(24)14-22-13-17(20(25)21(2,3)4)16-10-5-6-11-18(16)22/h5-6,10-11,13,15H,7-9,12,14H2,1-4H3. The van der Waals surface area contributed by atoms with Gasteiger partial charge in [0, 0.05) is 40.7 Å². The number of amides is 1. The van der Waals surface area contributed by atoms with Crippen LogP contribution in [0.1, 0.15) is 57.3 Å². The smallest absolute Gasteiger partial charge is 0.242 e. The zero-order chi connectivity index (χ0) is 18.2. The van der Waals surface area contributed by atoms with Gasteiger partial charge in [-0.05, 0) is 32.3 Å². The van der Waals surface area contributed by atoms with E-state index in [1.165, 1.54) is 6.42 Å². The van der Waals surface area contributed by atoms with Gasteiger partial charge in [0.15, 0.2) is 5.78 Å². The summed E-state index contributed by atoms with van der Waals surface area (Å²) in [7, 11) is 0. The van der Waals surface area contributed by atoms with Crippen LogP contribution in [0.4, 0.5) is 0 Å². The molecule has 1 amide bonds. The zero-order valence-corrected chi connectivity index (χ0v) is 15.7. The highest BCUT2D eigenvalue weighted by molar-refractivity contribution is 6.10. The first-order valence-electron chi connectivity index (χ1n) is 9.21. The number of hydrogen-bond donors (Lipinski definition) is 0. The number of fused-ring (bicyclic) bond motifs is 1. The Balaban J connectivity index is 1.94. The molecule has 3 rings (SSSR count). The lowest BCUT2D eigenvalue weighted by atomic mass is 9.86. The predicted octanol–water partition coefficient (Wildman–Crippen LogP) is 4.27. The minimum absolute atomic E-state index is 0.112. The Morgan fingerprint density at radius 1 is 1.16 bits per heavy atom. The molecule has 4 heteroatoms. The van der Waals surface area contributed by atoms with E-state index in [0.29, 0.717) is 18.2 Å². The molecule has 0 spiro atoms. The zero-order valence-electron chi connectivity index (χ0n) is 15.7. The van der Waals surface area contributed by atoms with Crippen LogP contribution in [0.5, 0.6) is 0 Å². The fourth-order valence-corrected chi connectivity index (χ4v) is 3.67. The summed E-state index contributed by atoms with van der Waals surface area (Å²) in [5, 5.41) is 0.932. The first kappa shape index (κ1) is 17.7. The molecule has 0 saturated carbocycles. The highest BCUT2D eigenvalue weighted by atomic mass is 16.2. The van der Waals surface area contributed by atoms with Gasteiger partial charge in [-0.3, -0.25) is 9.59 Å². The van der Waals surface area contributed by atoms with Gasteiger partial charge in [0.1, 0.15) is 6.54 Å². The van der Waals surface area contributed by atoms with Crippen molar-refractivity contribution in [2.24, 2.45) is 5.41 Å². The van der Waals surface area contributed by atoms with Crippen molar-refractivity contribution in [2.75, 3.05) is 6.54 Å². The molecule has 2 aromatic rings. The fourth-order valence-electron chi connectivity index (χ4n) is 3.67. The van der Waals surface area contributed by atoms with Crippen molar-refractivity contribution >= 4 is 22.6 Å². The maximum Gasteiger partial charge on any atom is 0.242 e. The van der Waals surface area contributed by atoms with E-state index in [4.69, 9.17) is 0 Å². The number of nitrogens with zero attached hydrogens (tertiary/aromatic N) is 2. The lowest BCUT2D eigenvalue weighted by Gasteiger charge is -2.33. The second-order valence-corrected chi connectivity index (χ2v) is 8.20. The van der Waals surface area contributed by atoms with E-state index in [9.17, 15) is 9.59 Å². The molecule has 1 saturated heterocycles. The Kier molecular flexibility index (Phi) is 4.72. The van der Waals surface area contributed by atoms with Crippen LogP contribution in [-0.2, 0) is 11.3 Å². The van der Waals surface area contributed by atoms with Gasteiger partial charge in [0.05, 0.1) is 0 Å². The Bertz CT molecular complexity index is 798. The fraction of sp³-hybridized carbons (Fsp3) is 0.524. The van der Waals surface area contributed by atoms with Crippen molar-refractivity contribution < 1.29 is 9.59 Å². The molecule has 0 bridgehead atoms. The molecule has 4 nitrogen and oxygen atoms in total. The Morgan fingerprint density at radius 3 is 2.56 bits per heavy atom. The monoisotopic (exact) mass is 340 g/mol. The molecule has 1 aromatic carbocycles. The van der Waals surface area contributed by atoms with Gasteiger partial charge in [-0.2, -0.15) is 0 Å². The number of carbonyl (C=O) groups is 2. The maximum atomic E-state index is 12.8. The van der Waals surface area contributed by atoms with Crippen LogP contribution < -0.4 is 0 Å². The summed E-state index contributed by atoms with van der Waals surface area (Å²) in [6, 6.07) is 8.16. The lowest BCUT2D eigenvalue weighted by Crippen LogP contribution is -2.43. The SMILES string of the molecule is CC1CCCCN1C(=O)Cn1cc(C(=O)C(C)(C)C)c2ccccc21. The number of ketones is 1. The summed E-state index contributed by atoms with van der Waals surface area (Å²) < 4.78 is 1.94. The average molecular weight is 340 g/mol. The molecular weight excluding hydrogens is 312 g/mol. The normalized spacial score (nSPS) is 18.6. The summed E-state index contributed by atoms with van der Waals surface area (Å²) in [4.78, 5) is 27.6. The molecule has 1 aromatic heterocycles. The van der Waals surface area contributed by atoms with Gasteiger partial charge in [-0.25, -0.2) is 0 Å². The molecule has 1 unspecified atom stereocenters. The Morgan fingerprint density at radius 2 is 1.88 bits per heavy atom. The molecule has 0 aliphatic carbocycles. The van der Waals surface area contributed by atoms with Crippen molar-refractivity contribution in [2.45, 2.75) is 59.5 Å². The third kappa shape index (κ3) is 3.48. The number of piperidine rings is 1. The second-order valence-electron chi connectivity index (χ2n) is 8.20. The van der Waals surface area contributed by atoms with E-state index in [2.05, 4.69) is 6.92 Å².